The lowest BCUT2D eigenvalue weighted by Crippen LogP contribution is -2.19. The van der Waals surface area contributed by atoms with E-state index in [9.17, 15) is 4.79 Å². The van der Waals surface area contributed by atoms with E-state index < -0.39 is 0 Å². The van der Waals surface area contributed by atoms with Crippen molar-refractivity contribution in [1.82, 2.24) is 14.5 Å². The van der Waals surface area contributed by atoms with Crippen molar-refractivity contribution >= 4 is 21.8 Å². The number of benzene rings is 2. The predicted octanol–water partition coefficient (Wildman–Crippen LogP) is 4.60. The predicted molar refractivity (Wildman–Crippen MR) is 108 cm³/mol. The molecule has 0 amide bonds. The molecular formula is C23H15N3O. The molecule has 128 valence electrons. The van der Waals surface area contributed by atoms with Gasteiger partial charge < -0.3 is 0 Å². The first-order chi connectivity index (χ1) is 13.3. The van der Waals surface area contributed by atoms with Crippen LogP contribution < -0.4 is 5.56 Å². The van der Waals surface area contributed by atoms with Crippen molar-refractivity contribution in [2.24, 2.45) is 0 Å². The highest BCUT2D eigenvalue weighted by Gasteiger charge is 2.13. The van der Waals surface area contributed by atoms with E-state index in [0.717, 1.165) is 33.2 Å². The molecule has 0 radical (unpaired) electrons. The monoisotopic (exact) mass is 349 g/mol. The van der Waals surface area contributed by atoms with Gasteiger partial charge in [0.15, 0.2) is 0 Å². The molecular weight excluding hydrogens is 334 g/mol. The fourth-order valence-electron chi connectivity index (χ4n) is 3.50. The van der Waals surface area contributed by atoms with E-state index in [1.165, 1.54) is 0 Å². The molecule has 27 heavy (non-hydrogen) atoms. The Morgan fingerprint density at radius 2 is 1.59 bits per heavy atom. The van der Waals surface area contributed by atoms with Gasteiger partial charge in [-0.2, -0.15) is 0 Å². The number of pyridine rings is 3. The molecule has 4 nitrogen and oxygen atoms in total. The maximum absolute atomic E-state index is 13.3. The third kappa shape index (κ3) is 2.50. The van der Waals surface area contributed by atoms with E-state index in [4.69, 9.17) is 0 Å². The number of hydrogen-bond donors (Lipinski definition) is 0. The molecule has 0 saturated carbocycles. The minimum Gasteiger partial charge on any atom is -0.275 e. The highest BCUT2D eigenvalue weighted by molar-refractivity contribution is 6.03. The lowest BCUT2D eigenvalue weighted by molar-refractivity contribution is 1.05. The third-order valence-corrected chi connectivity index (χ3v) is 4.75. The van der Waals surface area contributed by atoms with Crippen LogP contribution in [0.2, 0.25) is 0 Å². The van der Waals surface area contributed by atoms with Crippen LogP contribution in [0.25, 0.3) is 38.6 Å². The van der Waals surface area contributed by atoms with Crippen LogP contribution in [0, 0.1) is 0 Å². The molecule has 0 bridgehead atoms. The molecule has 0 N–H and O–H groups in total. The molecule has 4 heteroatoms. The molecule has 0 aliphatic heterocycles. The van der Waals surface area contributed by atoms with Gasteiger partial charge in [-0.15, -0.1) is 0 Å². The van der Waals surface area contributed by atoms with Gasteiger partial charge in [0, 0.05) is 29.7 Å². The second kappa shape index (κ2) is 6.18. The molecule has 0 spiro atoms. The van der Waals surface area contributed by atoms with Crippen LogP contribution in [-0.4, -0.2) is 14.5 Å². The van der Waals surface area contributed by atoms with Crippen LogP contribution >= 0.6 is 0 Å². The molecule has 0 unspecified atom stereocenters. The van der Waals surface area contributed by atoms with E-state index >= 15 is 0 Å². The zero-order chi connectivity index (χ0) is 18.2. The Labute approximate surface area is 155 Å². The Hall–Kier alpha value is -3.79. The summed E-state index contributed by atoms with van der Waals surface area (Å²) in [6.45, 7) is 0. The molecule has 2 aromatic carbocycles. The van der Waals surface area contributed by atoms with Crippen molar-refractivity contribution in [3.05, 3.63) is 102 Å². The Kier molecular flexibility index (Phi) is 3.54. The summed E-state index contributed by atoms with van der Waals surface area (Å²) in [6.07, 6.45) is 5.09. The van der Waals surface area contributed by atoms with E-state index in [1.807, 2.05) is 48.5 Å². The van der Waals surface area contributed by atoms with E-state index in [-0.39, 0.29) is 5.56 Å². The van der Waals surface area contributed by atoms with Gasteiger partial charge in [-0.05, 0) is 41.5 Å². The summed E-state index contributed by atoms with van der Waals surface area (Å²) in [4.78, 5) is 22.0. The second-order valence-corrected chi connectivity index (χ2v) is 6.35. The van der Waals surface area contributed by atoms with Crippen LogP contribution in [0.3, 0.4) is 0 Å². The van der Waals surface area contributed by atoms with E-state index in [0.29, 0.717) is 5.39 Å². The van der Waals surface area contributed by atoms with Gasteiger partial charge in [0.25, 0.3) is 5.56 Å². The normalized spacial score (nSPS) is 11.1. The number of aromatic nitrogens is 3. The quantitative estimate of drug-likeness (QED) is 0.438. The van der Waals surface area contributed by atoms with Crippen molar-refractivity contribution in [3.8, 4) is 16.8 Å². The van der Waals surface area contributed by atoms with Crippen LogP contribution in [0.1, 0.15) is 0 Å². The lowest BCUT2D eigenvalue weighted by Gasteiger charge is -2.13. The third-order valence-electron chi connectivity index (χ3n) is 4.75. The SMILES string of the molecule is O=c1c2ccncc2c2ncccc2n1-c1cccc(-c2ccccc2)c1. The number of fused-ring (bicyclic) bond motifs is 3. The summed E-state index contributed by atoms with van der Waals surface area (Å²) in [7, 11) is 0. The first kappa shape index (κ1) is 15.5. The number of hydrogen-bond acceptors (Lipinski definition) is 3. The number of rotatable bonds is 2. The fourth-order valence-corrected chi connectivity index (χ4v) is 3.50. The van der Waals surface area contributed by atoms with Crippen molar-refractivity contribution < 1.29 is 0 Å². The van der Waals surface area contributed by atoms with Gasteiger partial charge in [-0.1, -0.05) is 42.5 Å². The van der Waals surface area contributed by atoms with Crippen LogP contribution in [0.4, 0.5) is 0 Å². The van der Waals surface area contributed by atoms with Gasteiger partial charge in [0.1, 0.15) is 0 Å². The Bertz CT molecular complexity index is 1340. The van der Waals surface area contributed by atoms with Crippen LogP contribution in [-0.2, 0) is 0 Å². The molecule has 3 aromatic heterocycles. The summed E-state index contributed by atoms with van der Waals surface area (Å²) in [6, 6.07) is 23.7. The zero-order valence-corrected chi connectivity index (χ0v) is 14.4. The van der Waals surface area contributed by atoms with Gasteiger partial charge in [0.05, 0.1) is 16.4 Å². The maximum Gasteiger partial charge on any atom is 0.263 e. The van der Waals surface area contributed by atoms with Crippen molar-refractivity contribution in [1.29, 1.82) is 0 Å². The summed E-state index contributed by atoms with van der Waals surface area (Å²) in [5, 5.41) is 1.38. The number of nitrogens with zero attached hydrogens (tertiary/aromatic N) is 3. The highest BCUT2D eigenvalue weighted by Crippen LogP contribution is 2.25. The highest BCUT2D eigenvalue weighted by atomic mass is 16.1. The van der Waals surface area contributed by atoms with Crippen molar-refractivity contribution in [3.63, 3.8) is 0 Å². The smallest absolute Gasteiger partial charge is 0.263 e. The zero-order valence-electron chi connectivity index (χ0n) is 14.4. The molecule has 3 heterocycles. The van der Waals surface area contributed by atoms with Crippen LogP contribution in [0.15, 0.2) is 96.2 Å². The van der Waals surface area contributed by atoms with Gasteiger partial charge in [-0.25, -0.2) is 0 Å². The molecule has 5 rings (SSSR count). The first-order valence-corrected chi connectivity index (χ1v) is 8.72. The largest absolute Gasteiger partial charge is 0.275 e. The van der Waals surface area contributed by atoms with Crippen LogP contribution in [0.5, 0.6) is 0 Å². The van der Waals surface area contributed by atoms with Gasteiger partial charge in [-0.3, -0.25) is 19.3 Å². The molecule has 0 aliphatic carbocycles. The molecule has 0 saturated heterocycles. The molecule has 0 atom stereocenters. The van der Waals surface area contributed by atoms with E-state index in [2.05, 4.69) is 28.2 Å². The fraction of sp³-hybridized carbons (Fsp3) is 0. The minimum atomic E-state index is -0.0712. The van der Waals surface area contributed by atoms with Gasteiger partial charge >= 0.3 is 0 Å². The average Bonchev–Trinajstić information content (AvgIpc) is 2.75. The van der Waals surface area contributed by atoms with Gasteiger partial charge in [0.2, 0.25) is 0 Å². The summed E-state index contributed by atoms with van der Waals surface area (Å²) in [5.74, 6) is 0. The maximum atomic E-state index is 13.3. The standard InChI is InChI=1S/C23H15N3O/c27-23-19-11-13-24-15-20(19)22-21(10-5-12-25-22)26(23)18-9-4-8-17(14-18)16-6-2-1-3-7-16/h1-15H. The Morgan fingerprint density at radius 1 is 0.741 bits per heavy atom. The summed E-state index contributed by atoms with van der Waals surface area (Å²) < 4.78 is 1.73. The topological polar surface area (TPSA) is 47.8 Å². The summed E-state index contributed by atoms with van der Waals surface area (Å²) in [5.41, 5.74) is 4.46. The Balaban J connectivity index is 1.86. The van der Waals surface area contributed by atoms with Crippen molar-refractivity contribution in [2.45, 2.75) is 0 Å². The van der Waals surface area contributed by atoms with E-state index in [1.54, 1.807) is 29.2 Å². The lowest BCUT2D eigenvalue weighted by atomic mass is 10.0. The molecule has 0 aliphatic rings. The minimum absolute atomic E-state index is 0.0712. The summed E-state index contributed by atoms with van der Waals surface area (Å²) >= 11 is 0. The average molecular weight is 349 g/mol. The molecule has 5 aromatic rings. The van der Waals surface area contributed by atoms with Crippen molar-refractivity contribution in [2.75, 3.05) is 0 Å². The molecule has 0 fully saturated rings. The Morgan fingerprint density at radius 3 is 2.48 bits per heavy atom. The second-order valence-electron chi connectivity index (χ2n) is 6.35. The first-order valence-electron chi connectivity index (χ1n) is 8.72.